The van der Waals surface area contributed by atoms with Gasteiger partial charge in [-0.15, -0.1) is 0 Å². The predicted octanol–water partition coefficient (Wildman–Crippen LogP) is 5.22. The molecule has 0 aromatic heterocycles. The van der Waals surface area contributed by atoms with Crippen molar-refractivity contribution in [3.63, 3.8) is 0 Å². The lowest BCUT2D eigenvalue weighted by Gasteiger charge is -2.08. The smallest absolute Gasteiger partial charge is 0.193 e. The zero-order valence-corrected chi connectivity index (χ0v) is 12.0. The van der Waals surface area contributed by atoms with Gasteiger partial charge in [0.05, 0.1) is 0 Å². The molecule has 22 heavy (non-hydrogen) atoms. The van der Waals surface area contributed by atoms with Gasteiger partial charge in [0, 0.05) is 11.1 Å². The first kappa shape index (κ1) is 12.8. The molecule has 4 aromatic rings. The average molecular weight is 282 g/mol. The number of fused-ring (bicyclic) bond motifs is 2. The maximum Gasteiger partial charge on any atom is 0.193 e. The van der Waals surface area contributed by atoms with Crippen molar-refractivity contribution in [2.45, 2.75) is 0 Å². The van der Waals surface area contributed by atoms with Crippen LogP contribution in [0.15, 0.2) is 84.9 Å². The Kier molecular flexibility index (Phi) is 2.97. The van der Waals surface area contributed by atoms with Gasteiger partial charge in [0.1, 0.15) is 0 Å². The minimum Gasteiger partial charge on any atom is -0.289 e. The van der Waals surface area contributed by atoms with Gasteiger partial charge in [0.15, 0.2) is 5.78 Å². The second kappa shape index (κ2) is 5.12. The maximum atomic E-state index is 12.8. The highest BCUT2D eigenvalue weighted by molar-refractivity contribution is 6.17. The second-order valence-corrected chi connectivity index (χ2v) is 5.42. The number of ketones is 1. The van der Waals surface area contributed by atoms with Crippen molar-refractivity contribution in [1.29, 1.82) is 0 Å². The van der Waals surface area contributed by atoms with Crippen molar-refractivity contribution in [1.82, 2.24) is 0 Å². The lowest BCUT2D eigenvalue weighted by Crippen LogP contribution is -2.01. The molecule has 0 fully saturated rings. The molecule has 0 aliphatic heterocycles. The van der Waals surface area contributed by atoms with Crippen molar-refractivity contribution in [2.24, 2.45) is 0 Å². The fraction of sp³-hybridized carbons (Fsp3) is 0. The van der Waals surface area contributed by atoms with Gasteiger partial charge in [-0.2, -0.15) is 0 Å². The molecule has 104 valence electrons. The first-order chi connectivity index (χ1) is 10.8. The molecule has 0 aliphatic carbocycles. The first-order valence-corrected chi connectivity index (χ1v) is 7.34. The Labute approximate surface area is 128 Å². The number of benzene rings is 4. The molecule has 0 saturated carbocycles. The highest BCUT2D eigenvalue weighted by Crippen LogP contribution is 2.26. The van der Waals surface area contributed by atoms with E-state index < -0.39 is 0 Å². The van der Waals surface area contributed by atoms with E-state index in [1.54, 1.807) is 0 Å². The van der Waals surface area contributed by atoms with E-state index in [2.05, 4.69) is 30.3 Å². The van der Waals surface area contributed by atoms with Gasteiger partial charge in [-0.25, -0.2) is 0 Å². The molecule has 0 heterocycles. The van der Waals surface area contributed by atoms with Crippen LogP contribution < -0.4 is 0 Å². The lowest BCUT2D eigenvalue weighted by atomic mass is 9.95. The van der Waals surface area contributed by atoms with E-state index in [1.807, 2.05) is 54.6 Å². The molecule has 0 amide bonds. The fourth-order valence-electron chi connectivity index (χ4n) is 2.91. The van der Waals surface area contributed by atoms with Crippen LogP contribution in [-0.2, 0) is 0 Å². The summed E-state index contributed by atoms with van der Waals surface area (Å²) in [7, 11) is 0. The van der Waals surface area contributed by atoms with Crippen molar-refractivity contribution in [2.75, 3.05) is 0 Å². The zero-order chi connectivity index (χ0) is 14.9. The van der Waals surface area contributed by atoms with Gasteiger partial charge in [-0.3, -0.25) is 4.79 Å². The summed E-state index contributed by atoms with van der Waals surface area (Å²) in [6.45, 7) is 0. The summed E-state index contributed by atoms with van der Waals surface area (Å²) in [5, 5.41) is 4.46. The number of rotatable bonds is 2. The highest BCUT2D eigenvalue weighted by Gasteiger charge is 2.12. The van der Waals surface area contributed by atoms with E-state index >= 15 is 0 Å². The molecule has 0 saturated heterocycles. The number of carbonyl (C=O) groups is 1. The molecule has 0 N–H and O–H groups in total. The fourth-order valence-corrected chi connectivity index (χ4v) is 2.91. The first-order valence-electron chi connectivity index (χ1n) is 7.34. The van der Waals surface area contributed by atoms with E-state index in [9.17, 15) is 4.79 Å². The normalized spacial score (nSPS) is 10.9. The van der Waals surface area contributed by atoms with Crippen LogP contribution in [0.1, 0.15) is 15.9 Å². The summed E-state index contributed by atoms with van der Waals surface area (Å²) >= 11 is 0. The number of carbonyl (C=O) groups excluding carboxylic acids is 1. The molecule has 0 bridgehead atoms. The zero-order valence-electron chi connectivity index (χ0n) is 12.0. The van der Waals surface area contributed by atoms with Crippen LogP contribution in [0, 0.1) is 0 Å². The van der Waals surface area contributed by atoms with Gasteiger partial charge < -0.3 is 0 Å². The summed E-state index contributed by atoms with van der Waals surface area (Å²) in [5.41, 5.74) is 1.48. The summed E-state index contributed by atoms with van der Waals surface area (Å²) in [5.74, 6) is 0.0708. The summed E-state index contributed by atoms with van der Waals surface area (Å²) < 4.78 is 0. The third-order valence-electron chi connectivity index (χ3n) is 4.03. The molecule has 4 aromatic carbocycles. The van der Waals surface area contributed by atoms with Crippen LogP contribution >= 0.6 is 0 Å². The summed E-state index contributed by atoms with van der Waals surface area (Å²) in [4.78, 5) is 12.8. The summed E-state index contributed by atoms with van der Waals surface area (Å²) in [6.07, 6.45) is 0. The van der Waals surface area contributed by atoms with Gasteiger partial charge >= 0.3 is 0 Å². The van der Waals surface area contributed by atoms with Gasteiger partial charge in [0.2, 0.25) is 0 Å². The second-order valence-electron chi connectivity index (χ2n) is 5.42. The van der Waals surface area contributed by atoms with Gasteiger partial charge in [-0.1, -0.05) is 72.8 Å². The molecule has 1 heteroatoms. The van der Waals surface area contributed by atoms with Gasteiger partial charge in [-0.05, 0) is 33.7 Å². The SMILES string of the molecule is O=C(c1ccccc1)c1cccc2cc3ccccc3cc12. The Hall–Kier alpha value is -2.93. The largest absolute Gasteiger partial charge is 0.289 e. The van der Waals surface area contributed by atoms with E-state index in [0.717, 1.165) is 27.3 Å². The number of hydrogen-bond acceptors (Lipinski definition) is 1. The van der Waals surface area contributed by atoms with Crippen molar-refractivity contribution in [3.05, 3.63) is 96.1 Å². The van der Waals surface area contributed by atoms with Gasteiger partial charge in [0.25, 0.3) is 0 Å². The van der Waals surface area contributed by atoms with E-state index in [-0.39, 0.29) is 5.78 Å². The van der Waals surface area contributed by atoms with Crippen molar-refractivity contribution in [3.8, 4) is 0 Å². The topological polar surface area (TPSA) is 17.1 Å². The minimum atomic E-state index is 0.0708. The highest BCUT2D eigenvalue weighted by atomic mass is 16.1. The van der Waals surface area contributed by atoms with Crippen molar-refractivity contribution < 1.29 is 4.79 Å². The molecule has 0 radical (unpaired) electrons. The Morgan fingerprint density at radius 3 is 2.00 bits per heavy atom. The van der Waals surface area contributed by atoms with E-state index in [0.29, 0.717) is 0 Å². The van der Waals surface area contributed by atoms with Crippen LogP contribution in [0.4, 0.5) is 0 Å². The summed E-state index contributed by atoms with van der Waals surface area (Å²) in [6, 6.07) is 27.9. The molecular weight excluding hydrogens is 268 g/mol. The Balaban J connectivity index is 1.98. The third-order valence-corrected chi connectivity index (χ3v) is 4.03. The average Bonchev–Trinajstić information content (AvgIpc) is 2.59. The third kappa shape index (κ3) is 2.08. The Bertz CT molecular complexity index is 984. The molecule has 1 nitrogen and oxygen atoms in total. The van der Waals surface area contributed by atoms with Crippen LogP contribution in [0.25, 0.3) is 21.5 Å². The van der Waals surface area contributed by atoms with E-state index in [4.69, 9.17) is 0 Å². The lowest BCUT2D eigenvalue weighted by molar-refractivity contribution is 0.104. The Morgan fingerprint density at radius 2 is 1.23 bits per heavy atom. The number of hydrogen-bond donors (Lipinski definition) is 0. The molecule has 0 spiro atoms. The van der Waals surface area contributed by atoms with Crippen LogP contribution in [0.2, 0.25) is 0 Å². The predicted molar refractivity (Wildman–Crippen MR) is 91.3 cm³/mol. The standard InChI is InChI=1S/C21H14O/c22-21(15-7-2-1-3-8-15)19-12-6-11-18-13-16-9-4-5-10-17(16)14-20(18)19/h1-14H. The van der Waals surface area contributed by atoms with E-state index in [1.165, 1.54) is 5.39 Å². The molecule has 0 unspecified atom stereocenters. The molecule has 0 aliphatic rings. The Morgan fingerprint density at radius 1 is 0.591 bits per heavy atom. The quantitative estimate of drug-likeness (QED) is 0.364. The van der Waals surface area contributed by atoms with Crippen molar-refractivity contribution >= 4 is 27.3 Å². The van der Waals surface area contributed by atoms with Crippen LogP contribution in [0.3, 0.4) is 0 Å². The minimum absolute atomic E-state index is 0.0708. The maximum absolute atomic E-state index is 12.8. The van der Waals surface area contributed by atoms with Crippen LogP contribution in [0.5, 0.6) is 0 Å². The molecule has 0 atom stereocenters. The van der Waals surface area contributed by atoms with Crippen LogP contribution in [-0.4, -0.2) is 5.78 Å². The molecular formula is C21H14O. The molecule has 4 rings (SSSR count). The monoisotopic (exact) mass is 282 g/mol.